The largest absolute Gasteiger partial charge is 0.435 e. The van der Waals surface area contributed by atoms with Crippen LogP contribution in [0.15, 0.2) is 6.07 Å². The molecular weight excluding hydrogens is 283 g/mol. The topological polar surface area (TPSA) is 38.1 Å². The summed E-state index contributed by atoms with van der Waals surface area (Å²) in [6.07, 6.45) is -2.47. The monoisotopic (exact) mass is 303 g/mol. The van der Waals surface area contributed by atoms with Crippen LogP contribution in [0, 0.1) is 12.8 Å². The van der Waals surface area contributed by atoms with Gasteiger partial charge in [0.05, 0.1) is 0 Å². The van der Waals surface area contributed by atoms with E-state index in [1.54, 1.807) is 11.8 Å². The van der Waals surface area contributed by atoms with E-state index in [9.17, 15) is 18.0 Å². The molecule has 7 heteroatoms. The van der Waals surface area contributed by atoms with Crippen LogP contribution in [0.4, 0.5) is 13.2 Å². The molecule has 2 atom stereocenters. The van der Waals surface area contributed by atoms with E-state index in [-0.39, 0.29) is 5.91 Å². The summed E-state index contributed by atoms with van der Waals surface area (Å²) >= 11 is 0. The molecule has 0 aromatic carbocycles. The normalized spacial score (nSPS) is 21.4. The van der Waals surface area contributed by atoms with Crippen LogP contribution in [0.25, 0.3) is 0 Å². The van der Waals surface area contributed by atoms with E-state index in [1.807, 2.05) is 0 Å². The third kappa shape index (κ3) is 3.39. The predicted octanol–water partition coefficient (Wildman–Crippen LogP) is 3.03. The van der Waals surface area contributed by atoms with Gasteiger partial charge in [0.1, 0.15) is 6.04 Å². The van der Waals surface area contributed by atoms with Crippen LogP contribution in [0.5, 0.6) is 0 Å². The van der Waals surface area contributed by atoms with E-state index in [4.69, 9.17) is 0 Å². The van der Waals surface area contributed by atoms with Crippen LogP contribution in [0.3, 0.4) is 0 Å². The van der Waals surface area contributed by atoms with Crippen molar-refractivity contribution >= 4 is 5.91 Å². The zero-order valence-corrected chi connectivity index (χ0v) is 12.4. The maximum Gasteiger partial charge on any atom is 0.435 e. The average Bonchev–Trinajstić information content (AvgIpc) is 2.79. The Morgan fingerprint density at radius 3 is 2.67 bits per heavy atom. The van der Waals surface area contributed by atoms with Crippen LogP contribution < -0.4 is 0 Å². The Hall–Kier alpha value is -1.53. The molecule has 21 heavy (non-hydrogen) atoms. The zero-order valence-electron chi connectivity index (χ0n) is 12.4. The van der Waals surface area contributed by atoms with Gasteiger partial charge in [-0.1, -0.05) is 6.92 Å². The number of halogens is 3. The SMILES string of the molecule is Cc1cc(C(F)(F)F)nn1C(C)C(=O)N1CCCC(C)C1. The van der Waals surface area contributed by atoms with Crippen molar-refractivity contribution < 1.29 is 18.0 Å². The van der Waals surface area contributed by atoms with Crippen molar-refractivity contribution in [2.45, 2.75) is 45.8 Å². The summed E-state index contributed by atoms with van der Waals surface area (Å²) in [7, 11) is 0. The molecule has 2 heterocycles. The second-order valence-electron chi connectivity index (χ2n) is 5.82. The van der Waals surface area contributed by atoms with E-state index in [1.165, 1.54) is 11.6 Å². The van der Waals surface area contributed by atoms with Gasteiger partial charge < -0.3 is 4.90 Å². The Bertz CT molecular complexity index is 524. The summed E-state index contributed by atoms with van der Waals surface area (Å²) in [6.45, 7) is 6.53. The molecule has 0 saturated carbocycles. The van der Waals surface area contributed by atoms with Gasteiger partial charge in [-0.05, 0) is 38.7 Å². The highest BCUT2D eigenvalue weighted by molar-refractivity contribution is 5.80. The van der Waals surface area contributed by atoms with Crippen molar-refractivity contribution in [3.8, 4) is 0 Å². The fourth-order valence-corrected chi connectivity index (χ4v) is 2.78. The van der Waals surface area contributed by atoms with Gasteiger partial charge in [0.2, 0.25) is 5.91 Å². The molecule has 0 aliphatic carbocycles. The van der Waals surface area contributed by atoms with Crippen molar-refractivity contribution in [1.82, 2.24) is 14.7 Å². The molecule has 2 rings (SSSR count). The first-order valence-corrected chi connectivity index (χ1v) is 7.12. The minimum Gasteiger partial charge on any atom is -0.341 e. The smallest absolute Gasteiger partial charge is 0.341 e. The Balaban J connectivity index is 2.17. The van der Waals surface area contributed by atoms with Gasteiger partial charge in [-0.3, -0.25) is 9.48 Å². The molecule has 1 fully saturated rings. The summed E-state index contributed by atoms with van der Waals surface area (Å²) in [5.74, 6) is 0.265. The Kier molecular flexibility index (Phi) is 4.30. The zero-order chi connectivity index (χ0) is 15.8. The molecule has 1 amide bonds. The van der Waals surface area contributed by atoms with E-state index < -0.39 is 17.9 Å². The summed E-state index contributed by atoms with van der Waals surface area (Å²) < 4.78 is 39.2. The highest BCUT2D eigenvalue weighted by Gasteiger charge is 2.36. The molecule has 1 aliphatic heterocycles. The molecule has 0 radical (unpaired) electrons. The molecule has 2 unspecified atom stereocenters. The standard InChI is InChI=1S/C14H20F3N3O/c1-9-5-4-6-19(8-9)13(21)11(3)20-10(2)7-12(18-20)14(15,16)17/h7,9,11H,4-6,8H2,1-3H3. The predicted molar refractivity (Wildman–Crippen MR) is 71.7 cm³/mol. The number of rotatable bonds is 2. The summed E-state index contributed by atoms with van der Waals surface area (Å²) in [4.78, 5) is 14.2. The van der Waals surface area contributed by atoms with Crippen molar-refractivity contribution in [3.63, 3.8) is 0 Å². The number of hydrogen-bond acceptors (Lipinski definition) is 2. The maximum absolute atomic E-state index is 12.7. The lowest BCUT2D eigenvalue weighted by atomic mass is 10.00. The lowest BCUT2D eigenvalue weighted by molar-refractivity contribution is -0.143. The third-order valence-corrected chi connectivity index (χ3v) is 3.91. The van der Waals surface area contributed by atoms with E-state index in [0.717, 1.165) is 18.9 Å². The maximum atomic E-state index is 12.7. The number of nitrogens with zero attached hydrogens (tertiary/aromatic N) is 3. The molecule has 118 valence electrons. The number of likely N-dealkylation sites (tertiary alicyclic amines) is 1. The second kappa shape index (κ2) is 5.69. The first-order valence-electron chi connectivity index (χ1n) is 7.12. The summed E-state index contributed by atoms with van der Waals surface area (Å²) in [6, 6.07) is 0.259. The van der Waals surface area contributed by atoms with Gasteiger partial charge in [-0.25, -0.2) is 0 Å². The number of carbonyl (C=O) groups excluding carboxylic acids is 1. The Labute approximate surface area is 121 Å². The molecule has 0 bridgehead atoms. The highest BCUT2D eigenvalue weighted by Crippen LogP contribution is 2.29. The number of amides is 1. The molecule has 1 aliphatic rings. The summed E-state index contributed by atoms with van der Waals surface area (Å²) in [5, 5.41) is 3.56. The van der Waals surface area contributed by atoms with Gasteiger partial charge in [0, 0.05) is 18.8 Å². The molecule has 0 spiro atoms. The summed E-state index contributed by atoms with van der Waals surface area (Å²) in [5.41, 5.74) is -0.611. The molecule has 1 saturated heterocycles. The van der Waals surface area contributed by atoms with Crippen molar-refractivity contribution in [1.29, 1.82) is 0 Å². The van der Waals surface area contributed by atoms with E-state index in [0.29, 0.717) is 24.7 Å². The number of alkyl halides is 3. The number of aromatic nitrogens is 2. The fraction of sp³-hybridized carbons (Fsp3) is 0.714. The average molecular weight is 303 g/mol. The quantitative estimate of drug-likeness (QED) is 0.842. The van der Waals surface area contributed by atoms with Crippen molar-refractivity contribution in [3.05, 3.63) is 17.5 Å². The van der Waals surface area contributed by atoms with Gasteiger partial charge in [0.15, 0.2) is 5.69 Å². The number of hydrogen-bond donors (Lipinski definition) is 0. The molecule has 1 aromatic heterocycles. The third-order valence-electron chi connectivity index (χ3n) is 3.91. The van der Waals surface area contributed by atoms with Crippen molar-refractivity contribution in [2.24, 2.45) is 5.92 Å². The van der Waals surface area contributed by atoms with Gasteiger partial charge >= 0.3 is 6.18 Å². The van der Waals surface area contributed by atoms with Crippen molar-refractivity contribution in [2.75, 3.05) is 13.1 Å². The second-order valence-corrected chi connectivity index (χ2v) is 5.82. The number of carbonyl (C=O) groups is 1. The Morgan fingerprint density at radius 1 is 1.48 bits per heavy atom. The highest BCUT2D eigenvalue weighted by atomic mass is 19.4. The minimum absolute atomic E-state index is 0.165. The minimum atomic E-state index is -4.49. The molecule has 0 N–H and O–H groups in total. The number of aryl methyl sites for hydroxylation is 1. The first kappa shape index (κ1) is 15.9. The lowest BCUT2D eigenvalue weighted by Crippen LogP contribution is -2.42. The fourth-order valence-electron chi connectivity index (χ4n) is 2.78. The van der Waals surface area contributed by atoms with Crippen LogP contribution in [-0.4, -0.2) is 33.7 Å². The molecule has 4 nitrogen and oxygen atoms in total. The first-order chi connectivity index (χ1) is 9.70. The lowest BCUT2D eigenvalue weighted by Gasteiger charge is -2.33. The number of piperidine rings is 1. The van der Waals surface area contributed by atoms with Gasteiger partial charge in [-0.15, -0.1) is 0 Å². The van der Waals surface area contributed by atoms with E-state index in [2.05, 4.69) is 12.0 Å². The van der Waals surface area contributed by atoms with Crippen LogP contribution in [-0.2, 0) is 11.0 Å². The molecule has 1 aromatic rings. The van der Waals surface area contributed by atoms with Crippen LogP contribution in [0.1, 0.15) is 44.1 Å². The molecular formula is C14H20F3N3O. The van der Waals surface area contributed by atoms with Crippen LogP contribution >= 0.6 is 0 Å². The van der Waals surface area contributed by atoms with Gasteiger partial charge in [-0.2, -0.15) is 18.3 Å². The van der Waals surface area contributed by atoms with Gasteiger partial charge in [0.25, 0.3) is 0 Å². The van der Waals surface area contributed by atoms with Crippen LogP contribution in [0.2, 0.25) is 0 Å². The van der Waals surface area contributed by atoms with E-state index >= 15 is 0 Å². The Morgan fingerprint density at radius 2 is 2.14 bits per heavy atom.